The van der Waals surface area contributed by atoms with E-state index in [0.717, 1.165) is 30.6 Å². The Balaban J connectivity index is 1.33. The molecule has 0 saturated carbocycles. The van der Waals surface area contributed by atoms with Crippen molar-refractivity contribution in [1.82, 2.24) is 9.97 Å². The van der Waals surface area contributed by atoms with Gasteiger partial charge in [-0.15, -0.1) is 11.3 Å². The van der Waals surface area contributed by atoms with Crippen LogP contribution in [0.1, 0.15) is 35.2 Å². The molecule has 0 spiro atoms. The molecule has 0 aliphatic carbocycles. The predicted octanol–water partition coefficient (Wildman–Crippen LogP) is 4.66. The molecule has 4 heterocycles. The molecule has 3 aromatic heterocycles. The van der Waals surface area contributed by atoms with Crippen LogP contribution in [0.4, 0.5) is 23.0 Å². The number of nitrogens with two attached hydrogens (primary N) is 1. The van der Waals surface area contributed by atoms with Gasteiger partial charge in [-0.2, -0.15) is 0 Å². The van der Waals surface area contributed by atoms with Crippen molar-refractivity contribution < 1.29 is 9.59 Å². The van der Waals surface area contributed by atoms with Gasteiger partial charge in [-0.25, -0.2) is 9.97 Å². The summed E-state index contributed by atoms with van der Waals surface area (Å²) >= 11 is 1.69. The van der Waals surface area contributed by atoms with Gasteiger partial charge in [0.2, 0.25) is 5.91 Å². The SMILES string of the molecule is NC(=O)c1cnc(Nc2ccc(N3CCCCC3=O)cn2)cc1NCc1cccc2ccsc12. The summed E-state index contributed by atoms with van der Waals surface area (Å²) in [7, 11) is 0. The number of nitrogens with zero attached hydrogens (tertiary/aromatic N) is 3. The van der Waals surface area contributed by atoms with Crippen molar-refractivity contribution in [1.29, 1.82) is 0 Å². The Hall–Kier alpha value is -3.98. The largest absolute Gasteiger partial charge is 0.380 e. The maximum absolute atomic E-state index is 12.1. The van der Waals surface area contributed by atoms with Gasteiger partial charge in [0.1, 0.15) is 11.6 Å². The number of aromatic nitrogens is 2. The number of fused-ring (bicyclic) bond motifs is 1. The molecular formula is C25H24N6O2S. The molecule has 1 saturated heterocycles. The summed E-state index contributed by atoms with van der Waals surface area (Å²) in [6.07, 6.45) is 5.66. The standard InChI is InChI=1S/C25H24N6O2S/c26-25(33)19-15-29-22(12-20(19)27-13-17-5-3-4-16-9-11-34-24(16)17)30-21-8-7-18(14-28-21)31-10-2-1-6-23(31)32/h3-5,7-9,11-12,14-15H,1-2,6,10,13H2,(H2,26,33)(H2,27,28,29,30). The third kappa shape index (κ3) is 4.55. The minimum Gasteiger partial charge on any atom is -0.380 e. The van der Waals surface area contributed by atoms with E-state index in [9.17, 15) is 9.59 Å². The van der Waals surface area contributed by atoms with Gasteiger partial charge in [0.15, 0.2) is 0 Å². The number of carbonyl (C=O) groups is 2. The first-order valence-electron chi connectivity index (χ1n) is 11.1. The first-order valence-corrected chi connectivity index (χ1v) is 12.0. The minimum absolute atomic E-state index is 0.131. The number of hydrogen-bond donors (Lipinski definition) is 3. The highest BCUT2D eigenvalue weighted by Crippen LogP contribution is 2.27. The summed E-state index contributed by atoms with van der Waals surface area (Å²) in [6.45, 7) is 1.26. The molecule has 0 unspecified atom stereocenters. The molecule has 0 atom stereocenters. The van der Waals surface area contributed by atoms with Crippen LogP contribution in [0.2, 0.25) is 0 Å². The van der Waals surface area contributed by atoms with Crippen molar-refractivity contribution in [2.24, 2.45) is 5.73 Å². The molecule has 8 nitrogen and oxygen atoms in total. The number of carbonyl (C=O) groups excluding carboxylic acids is 2. The summed E-state index contributed by atoms with van der Waals surface area (Å²) < 4.78 is 1.21. The molecule has 172 valence electrons. The van der Waals surface area contributed by atoms with Crippen LogP contribution in [0.3, 0.4) is 0 Å². The quantitative estimate of drug-likeness (QED) is 0.360. The molecule has 34 heavy (non-hydrogen) atoms. The zero-order chi connectivity index (χ0) is 23.5. The first kappa shape index (κ1) is 21.8. The number of primary amides is 1. The number of nitrogens with one attached hydrogen (secondary N) is 2. The maximum Gasteiger partial charge on any atom is 0.252 e. The Bertz CT molecular complexity index is 1350. The van der Waals surface area contributed by atoms with E-state index >= 15 is 0 Å². The maximum atomic E-state index is 12.1. The normalized spacial score (nSPS) is 13.8. The summed E-state index contributed by atoms with van der Waals surface area (Å²) in [5, 5.41) is 9.76. The molecule has 1 aliphatic heterocycles. The number of benzene rings is 1. The molecule has 0 bridgehead atoms. The fourth-order valence-corrected chi connectivity index (χ4v) is 5.00. The summed E-state index contributed by atoms with van der Waals surface area (Å²) in [6, 6.07) is 13.7. The van der Waals surface area contributed by atoms with E-state index in [1.807, 2.05) is 18.2 Å². The highest BCUT2D eigenvalue weighted by Gasteiger charge is 2.19. The zero-order valence-electron chi connectivity index (χ0n) is 18.5. The van der Waals surface area contributed by atoms with Gasteiger partial charge < -0.3 is 21.3 Å². The topological polar surface area (TPSA) is 113 Å². The molecule has 4 N–H and O–H groups in total. The monoisotopic (exact) mass is 472 g/mol. The van der Waals surface area contributed by atoms with Crippen LogP contribution in [-0.4, -0.2) is 28.3 Å². The van der Waals surface area contributed by atoms with E-state index in [1.165, 1.54) is 16.3 Å². The smallest absolute Gasteiger partial charge is 0.252 e. The average Bonchev–Trinajstić information content (AvgIpc) is 3.33. The van der Waals surface area contributed by atoms with Crippen LogP contribution in [0.25, 0.3) is 10.1 Å². The Labute approximate surface area is 200 Å². The predicted molar refractivity (Wildman–Crippen MR) is 136 cm³/mol. The van der Waals surface area contributed by atoms with Crippen LogP contribution < -0.4 is 21.3 Å². The van der Waals surface area contributed by atoms with Crippen molar-refractivity contribution in [3.05, 3.63) is 71.4 Å². The van der Waals surface area contributed by atoms with E-state index in [0.29, 0.717) is 35.9 Å². The Kier molecular flexibility index (Phi) is 6.09. The van der Waals surface area contributed by atoms with Gasteiger partial charge in [-0.05, 0) is 47.4 Å². The molecule has 0 radical (unpaired) electrons. The van der Waals surface area contributed by atoms with Crippen molar-refractivity contribution in [2.75, 3.05) is 22.1 Å². The van der Waals surface area contributed by atoms with Crippen molar-refractivity contribution in [3.63, 3.8) is 0 Å². The third-order valence-corrected chi connectivity index (χ3v) is 6.84. The number of pyridine rings is 2. The lowest BCUT2D eigenvalue weighted by Crippen LogP contribution is -2.35. The Morgan fingerprint density at radius 2 is 1.97 bits per heavy atom. The van der Waals surface area contributed by atoms with E-state index in [2.05, 4.69) is 44.2 Å². The van der Waals surface area contributed by atoms with Crippen LogP contribution in [0.5, 0.6) is 0 Å². The third-order valence-electron chi connectivity index (χ3n) is 5.84. The lowest BCUT2D eigenvalue weighted by Gasteiger charge is -2.26. The number of thiophene rings is 1. The van der Waals surface area contributed by atoms with Gasteiger partial charge in [-0.1, -0.05) is 18.2 Å². The molecular weight excluding hydrogens is 448 g/mol. The fourth-order valence-electron chi connectivity index (χ4n) is 4.08. The second-order valence-corrected chi connectivity index (χ2v) is 9.03. The number of rotatable bonds is 7. The molecule has 2 amide bonds. The minimum atomic E-state index is -0.551. The molecule has 9 heteroatoms. The lowest BCUT2D eigenvalue weighted by molar-refractivity contribution is -0.119. The Morgan fingerprint density at radius 3 is 2.76 bits per heavy atom. The Morgan fingerprint density at radius 1 is 1.09 bits per heavy atom. The molecule has 5 rings (SSSR count). The molecule has 1 aromatic carbocycles. The van der Waals surface area contributed by atoms with Gasteiger partial charge in [0.05, 0.1) is 23.1 Å². The van der Waals surface area contributed by atoms with Gasteiger partial charge in [0.25, 0.3) is 5.91 Å². The summed E-state index contributed by atoms with van der Waals surface area (Å²) in [5.74, 6) is 0.689. The van der Waals surface area contributed by atoms with Crippen LogP contribution in [-0.2, 0) is 11.3 Å². The second kappa shape index (κ2) is 9.48. The van der Waals surface area contributed by atoms with E-state index in [-0.39, 0.29) is 5.91 Å². The van der Waals surface area contributed by atoms with Crippen LogP contribution in [0, 0.1) is 0 Å². The van der Waals surface area contributed by atoms with Gasteiger partial charge in [0, 0.05) is 36.5 Å². The highest BCUT2D eigenvalue weighted by molar-refractivity contribution is 7.17. The first-order chi connectivity index (χ1) is 16.6. The van der Waals surface area contributed by atoms with Gasteiger partial charge >= 0.3 is 0 Å². The van der Waals surface area contributed by atoms with Crippen molar-refractivity contribution in [2.45, 2.75) is 25.8 Å². The second-order valence-electron chi connectivity index (χ2n) is 8.12. The number of hydrogen-bond acceptors (Lipinski definition) is 7. The van der Waals surface area contributed by atoms with Crippen LogP contribution in [0.15, 0.2) is 60.2 Å². The van der Waals surface area contributed by atoms with E-state index in [1.54, 1.807) is 28.5 Å². The van der Waals surface area contributed by atoms with Gasteiger partial charge in [-0.3, -0.25) is 9.59 Å². The average molecular weight is 473 g/mol. The molecule has 1 aliphatic rings. The number of piperidine rings is 1. The number of anilines is 4. The van der Waals surface area contributed by atoms with Crippen LogP contribution >= 0.6 is 11.3 Å². The van der Waals surface area contributed by atoms with E-state index in [4.69, 9.17) is 5.73 Å². The van der Waals surface area contributed by atoms with Crippen molar-refractivity contribution >= 4 is 56.2 Å². The molecule has 1 fully saturated rings. The zero-order valence-corrected chi connectivity index (χ0v) is 19.3. The fraction of sp³-hybridized carbons (Fsp3) is 0.200. The summed E-state index contributed by atoms with van der Waals surface area (Å²) in [4.78, 5) is 34.6. The lowest BCUT2D eigenvalue weighted by atomic mass is 10.1. The van der Waals surface area contributed by atoms with E-state index < -0.39 is 5.91 Å². The highest BCUT2D eigenvalue weighted by atomic mass is 32.1. The van der Waals surface area contributed by atoms with Crippen molar-refractivity contribution in [3.8, 4) is 0 Å². The molecule has 4 aromatic rings. The summed E-state index contributed by atoms with van der Waals surface area (Å²) in [5.41, 5.74) is 8.41. The number of amides is 2.